The molecule has 0 radical (unpaired) electrons. The van der Waals surface area contributed by atoms with Crippen molar-refractivity contribution in [1.29, 1.82) is 0 Å². The normalized spacial score (nSPS) is 11.4. The number of pyridine rings is 2. The van der Waals surface area contributed by atoms with Crippen LogP contribution < -0.4 is 0 Å². The number of aromatic nitrogens is 6. The lowest BCUT2D eigenvalue weighted by molar-refractivity contribution is -0.141. The Labute approximate surface area is 211 Å². The number of ether oxygens (including phenoxy) is 1. The summed E-state index contributed by atoms with van der Waals surface area (Å²) < 4.78 is 8.50. The van der Waals surface area contributed by atoms with E-state index >= 15 is 0 Å². The topological polar surface area (TPSA) is 105 Å². The summed E-state index contributed by atoms with van der Waals surface area (Å²) >= 11 is 0. The molecule has 188 valence electrons. The van der Waals surface area contributed by atoms with E-state index in [-0.39, 0.29) is 11.5 Å². The maximum Gasteiger partial charge on any atom is 0.305 e. The van der Waals surface area contributed by atoms with Gasteiger partial charge in [0.05, 0.1) is 36.7 Å². The highest BCUT2D eigenvalue weighted by molar-refractivity contribution is 5.69. The van der Waals surface area contributed by atoms with E-state index < -0.39 is 5.54 Å². The van der Waals surface area contributed by atoms with Gasteiger partial charge < -0.3 is 18.7 Å². The van der Waals surface area contributed by atoms with Crippen LogP contribution >= 0.6 is 0 Å². The first-order valence-corrected chi connectivity index (χ1v) is 11.6. The van der Waals surface area contributed by atoms with Crippen molar-refractivity contribution in [2.45, 2.75) is 51.6 Å². The smallest absolute Gasteiger partial charge is 0.305 e. The van der Waals surface area contributed by atoms with Crippen LogP contribution in [0.1, 0.15) is 40.5 Å². The summed E-state index contributed by atoms with van der Waals surface area (Å²) in [6, 6.07) is 7.66. The van der Waals surface area contributed by atoms with Crippen LogP contribution in [0.5, 0.6) is 0 Å². The molecule has 4 heterocycles. The van der Waals surface area contributed by atoms with E-state index in [1.54, 1.807) is 42.0 Å². The molecule has 0 amide bonds. The van der Waals surface area contributed by atoms with E-state index in [1.165, 1.54) is 7.11 Å². The van der Waals surface area contributed by atoms with Gasteiger partial charge in [-0.2, -0.15) is 0 Å². The molecular formula is C27H32N6O3. The largest absolute Gasteiger partial charge is 0.469 e. The predicted molar refractivity (Wildman–Crippen MR) is 137 cm³/mol. The van der Waals surface area contributed by atoms with Gasteiger partial charge in [0.1, 0.15) is 6.29 Å². The summed E-state index contributed by atoms with van der Waals surface area (Å²) in [7, 11) is 1.41. The zero-order chi connectivity index (χ0) is 26.2. The van der Waals surface area contributed by atoms with E-state index in [0.717, 1.165) is 28.8 Å². The Morgan fingerprint density at radius 2 is 1.44 bits per heavy atom. The fraction of sp³-hybridized carbons (Fsp3) is 0.333. The van der Waals surface area contributed by atoms with E-state index in [1.807, 2.05) is 55.1 Å². The highest BCUT2D eigenvalue weighted by Crippen LogP contribution is 2.25. The van der Waals surface area contributed by atoms with Crippen LogP contribution in [0.15, 0.2) is 74.1 Å². The van der Waals surface area contributed by atoms with Crippen LogP contribution in [-0.4, -0.2) is 48.4 Å². The fourth-order valence-corrected chi connectivity index (χ4v) is 3.32. The Morgan fingerprint density at radius 3 is 1.92 bits per heavy atom. The van der Waals surface area contributed by atoms with Crippen molar-refractivity contribution in [3.63, 3.8) is 0 Å². The van der Waals surface area contributed by atoms with Gasteiger partial charge in [-0.3, -0.25) is 14.8 Å². The highest BCUT2D eigenvalue weighted by Gasteiger charge is 2.22. The van der Waals surface area contributed by atoms with Crippen LogP contribution in [0.3, 0.4) is 0 Å². The Kier molecular flexibility index (Phi) is 8.47. The fourth-order valence-electron chi connectivity index (χ4n) is 3.32. The van der Waals surface area contributed by atoms with Gasteiger partial charge in [-0.25, -0.2) is 9.97 Å². The minimum Gasteiger partial charge on any atom is -0.469 e. The molecule has 0 atom stereocenters. The molecule has 0 unspecified atom stereocenters. The van der Waals surface area contributed by atoms with Gasteiger partial charge >= 0.3 is 5.97 Å². The summed E-state index contributed by atoms with van der Waals surface area (Å²) in [5, 5.41) is 0. The SMILES string of the molecule is CC(C)(C=O)n1cnc(-c2cccnc2)c1.COC(=O)CCC(C)(C)n1cnc(-c2cccnc2)c1. The first kappa shape index (κ1) is 26.5. The minimum absolute atomic E-state index is 0.189. The number of hydrogen-bond acceptors (Lipinski definition) is 7. The summed E-state index contributed by atoms with van der Waals surface area (Å²) in [5.74, 6) is -0.189. The number of methoxy groups -OCH3 is 1. The Morgan fingerprint density at radius 1 is 0.917 bits per heavy atom. The van der Waals surface area contributed by atoms with Gasteiger partial charge in [0.15, 0.2) is 0 Å². The van der Waals surface area contributed by atoms with Crippen LogP contribution in [0, 0.1) is 0 Å². The molecule has 0 aliphatic carbocycles. The molecule has 0 fully saturated rings. The first-order valence-electron chi connectivity index (χ1n) is 11.6. The molecule has 9 nitrogen and oxygen atoms in total. The zero-order valence-electron chi connectivity index (χ0n) is 21.3. The van der Waals surface area contributed by atoms with Crippen molar-refractivity contribution < 1.29 is 14.3 Å². The van der Waals surface area contributed by atoms with Crippen molar-refractivity contribution in [1.82, 2.24) is 29.1 Å². The number of carbonyl (C=O) groups is 2. The van der Waals surface area contributed by atoms with Crippen LogP contribution in [0.25, 0.3) is 22.5 Å². The maximum atomic E-state index is 11.3. The van der Waals surface area contributed by atoms with E-state index in [2.05, 4.69) is 38.5 Å². The number of rotatable bonds is 8. The van der Waals surface area contributed by atoms with Gasteiger partial charge in [0.2, 0.25) is 0 Å². The average molecular weight is 489 g/mol. The third-order valence-corrected chi connectivity index (χ3v) is 5.90. The quantitative estimate of drug-likeness (QED) is 0.265. The summed E-state index contributed by atoms with van der Waals surface area (Å²) in [4.78, 5) is 39.0. The number of nitrogens with zero attached hydrogens (tertiary/aromatic N) is 6. The monoisotopic (exact) mass is 488 g/mol. The molecule has 0 aliphatic rings. The third-order valence-electron chi connectivity index (χ3n) is 5.90. The Balaban J connectivity index is 0.000000205. The summed E-state index contributed by atoms with van der Waals surface area (Å²) in [6.45, 7) is 7.83. The van der Waals surface area contributed by atoms with Crippen LogP contribution in [0.4, 0.5) is 0 Å². The average Bonchev–Trinajstić information content (AvgIpc) is 3.60. The number of hydrogen-bond donors (Lipinski definition) is 0. The third kappa shape index (κ3) is 6.71. The predicted octanol–water partition coefficient (Wildman–Crippen LogP) is 4.51. The molecule has 0 aliphatic heterocycles. The molecule has 4 rings (SSSR count). The maximum absolute atomic E-state index is 11.3. The minimum atomic E-state index is -0.562. The molecule has 0 saturated heterocycles. The lowest BCUT2D eigenvalue weighted by Gasteiger charge is -2.25. The van der Waals surface area contributed by atoms with E-state index in [0.29, 0.717) is 12.8 Å². The highest BCUT2D eigenvalue weighted by atomic mass is 16.5. The molecule has 36 heavy (non-hydrogen) atoms. The van der Waals surface area contributed by atoms with Gasteiger partial charge in [-0.05, 0) is 58.4 Å². The van der Waals surface area contributed by atoms with Crippen molar-refractivity contribution >= 4 is 12.3 Å². The van der Waals surface area contributed by atoms with Crippen molar-refractivity contribution in [2.24, 2.45) is 0 Å². The van der Waals surface area contributed by atoms with Gasteiger partial charge in [-0.15, -0.1) is 0 Å². The first-order chi connectivity index (χ1) is 17.2. The second-order valence-electron chi connectivity index (χ2n) is 9.48. The van der Waals surface area contributed by atoms with E-state index in [9.17, 15) is 9.59 Å². The molecule has 4 aromatic heterocycles. The van der Waals surface area contributed by atoms with Crippen LogP contribution in [-0.2, 0) is 25.4 Å². The molecule has 0 saturated carbocycles. The van der Waals surface area contributed by atoms with E-state index in [4.69, 9.17) is 0 Å². The molecular weight excluding hydrogens is 456 g/mol. The zero-order valence-corrected chi connectivity index (χ0v) is 21.3. The molecule has 0 N–H and O–H groups in total. The van der Waals surface area contributed by atoms with Crippen LogP contribution in [0.2, 0.25) is 0 Å². The second kappa shape index (κ2) is 11.5. The number of esters is 1. The molecule has 0 bridgehead atoms. The molecule has 9 heteroatoms. The number of imidazole rings is 2. The number of carbonyl (C=O) groups excluding carboxylic acids is 2. The van der Waals surface area contributed by atoms with Gasteiger partial charge in [-0.1, -0.05) is 0 Å². The summed E-state index contributed by atoms with van der Waals surface area (Å²) in [6.07, 6.45) is 16.3. The molecule has 4 aromatic rings. The van der Waals surface area contributed by atoms with Crippen molar-refractivity contribution in [2.75, 3.05) is 7.11 Å². The summed E-state index contributed by atoms with van der Waals surface area (Å²) in [5.41, 5.74) is 2.87. The van der Waals surface area contributed by atoms with Crippen molar-refractivity contribution in [3.05, 3.63) is 74.1 Å². The standard InChI is InChI=1S/C15H19N3O2.C12H13N3O/c1-15(2,7-6-14(19)20-3)18-10-13(17-11-18)12-5-4-8-16-9-12;1-12(2,8-16)15-7-11(14-9-15)10-4-3-5-13-6-10/h4-5,8-11H,6-7H2,1-3H3;3-9H,1-2H3. The Hall–Kier alpha value is -4.14. The Bertz CT molecular complexity index is 1260. The van der Waals surface area contributed by atoms with Gasteiger partial charge in [0.25, 0.3) is 0 Å². The lowest BCUT2D eigenvalue weighted by Crippen LogP contribution is -2.26. The number of aldehydes is 1. The molecule has 0 aromatic carbocycles. The van der Waals surface area contributed by atoms with Crippen molar-refractivity contribution in [3.8, 4) is 22.5 Å². The lowest BCUT2D eigenvalue weighted by atomic mass is 9.98. The molecule has 0 spiro atoms. The van der Waals surface area contributed by atoms with Gasteiger partial charge in [0, 0.05) is 60.3 Å². The second-order valence-corrected chi connectivity index (χ2v) is 9.48.